The largest absolute Gasteiger partial charge is 0.493 e. The zero-order valence-corrected chi connectivity index (χ0v) is 11.2. The summed E-state index contributed by atoms with van der Waals surface area (Å²) in [5.41, 5.74) is 2.64. The Morgan fingerprint density at radius 3 is 2.16 bits per heavy atom. The lowest BCUT2D eigenvalue weighted by molar-refractivity contribution is 0.378. The van der Waals surface area contributed by atoms with Crippen molar-refractivity contribution in [1.82, 2.24) is 0 Å². The van der Waals surface area contributed by atoms with Gasteiger partial charge in [-0.3, -0.25) is 0 Å². The third-order valence-electron chi connectivity index (χ3n) is 2.80. The van der Waals surface area contributed by atoms with Crippen LogP contribution >= 0.6 is 0 Å². The summed E-state index contributed by atoms with van der Waals surface area (Å²) in [5, 5.41) is 9.10. The van der Waals surface area contributed by atoms with Crippen LogP contribution in [0.2, 0.25) is 0 Å². The molecule has 3 heteroatoms. The number of aryl methyl sites for hydroxylation is 2. The third kappa shape index (κ3) is 2.86. The lowest BCUT2D eigenvalue weighted by Crippen LogP contribution is -1.93. The summed E-state index contributed by atoms with van der Waals surface area (Å²) in [4.78, 5) is 0. The molecule has 0 saturated heterocycles. The molecule has 0 aromatic heterocycles. The molecule has 0 saturated carbocycles. The van der Waals surface area contributed by atoms with Crippen molar-refractivity contribution >= 4 is 0 Å². The van der Waals surface area contributed by atoms with Gasteiger partial charge in [-0.1, -0.05) is 12.1 Å². The highest BCUT2D eigenvalue weighted by atomic mass is 16.5. The first-order valence-corrected chi connectivity index (χ1v) is 5.97. The van der Waals surface area contributed by atoms with Crippen molar-refractivity contribution < 1.29 is 9.47 Å². The zero-order valence-electron chi connectivity index (χ0n) is 11.2. The minimum Gasteiger partial charge on any atom is -0.493 e. The van der Waals surface area contributed by atoms with E-state index in [-0.39, 0.29) is 0 Å². The fourth-order valence-corrected chi connectivity index (χ4v) is 1.78. The van der Waals surface area contributed by atoms with Crippen molar-refractivity contribution in [3.63, 3.8) is 0 Å². The Labute approximate surface area is 113 Å². The van der Waals surface area contributed by atoms with E-state index in [1.165, 1.54) is 0 Å². The van der Waals surface area contributed by atoms with E-state index >= 15 is 0 Å². The normalized spacial score (nSPS) is 9.79. The minimum absolute atomic E-state index is 0.508. The lowest BCUT2D eigenvalue weighted by atomic mass is 10.1. The molecule has 0 aliphatic heterocycles. The molecule has 0 atom stereocenters. The van der Waals surface area contributed by atoms with Crippen LogP contribution in [0.5, 0.6) is 17.2 Å². The molecule has 0 aliphatic carbocycles. The molecule has 0 fully saturated rings. The molecule has 0 bridgehead atoms. The van der Waals surface area contributed by atoms with Crippen LogP contribution in [0.25, 0.3) is 0 Å². The Morgan fingerprint density at radius 1 is 0.895 bits per heavy atom. The van der Waals surface area contributed by atoms with Crippen LogP contribution in [0.15, 0.2) is 36.4 Å². The number of hydrogen-bond acceptors (Lipinski definition) is 3. The minimum atomic E-state index is 0.508. The van der Waals surface area contributed by atoms with Gasteiger partial charge in [-0.05, 0) is 49.2 Å². The smallest absolute Gasteiger partial charge is 0.169 e. The van der Waals surface area contributed by atoms with E-state index in [1.807, 2.05) is 44.2 Å². The van der Waals surface area contributed by atoms with Crippen LogP contribution < -0.4 is 9.47 Å². The van der Waals surface area contributed by atoms with Gasteiger partial charge in [0.15, 0.2) is 11.5 Å². The van der Waals surface area contributed by atoms with Crippen molar-refractivity contribution in [3.8, 4) is 23.3 Å². The Bertz CT molecular complexity index is 642. The maximum atomic E-state index is 9.10. The summed E-state index contributed by atoms with van der Waals surface area (Å²) in [7, 11) is 1.60. The number of nitrogens with zero attached hydrogens (tertiary/aromatic N) is 1. The van der Waals surface area contributed by atoms with Crippen molar-refractivity contribution in [3.05, 3.63) is 53.1 Å². The maximum Gasteiger partial charge on any atom is 0.169 e. The van der Waals surface area contributed by atoms with Crippen molar-refractivity contribution in [1.29, 1.82) is 5.26 Å². The number of methoxy groups -OCH3 is 1. The van der Waals surface area contributed by atoms with Gasteiger partial charge in [0.2, 0.25) is 0 Å². The lowest BCUT2D eigenvalue weighted by Gasteiger charge is -2.12. The van der Waals surface area contributed by atoms with Crippen molar-refractivity contribution in [2.24, 2.45) is 0 Å². The van der Waals surface area contributed by atoms with Crippen molar-refractivity contribution in [2.75, 3.05) is 7.11 Å². The van der Waals surface area contributed by atoms with Crippen LogP contribution in [0.4, 0.5) is 0 Å². The van der Waals surface area contributed by atoms with Crippen LogP contribution in [-0.2, 0) is 0 Å². The highest BCUT2D eigenvalue weighted by molar-refractivity contribution is 5.50. The molecule has 0 unspecified atom stereocenters. The number of ether oxygens (including phenoxy) is 2. The first-order valence-electron chi connectivity index (χ1n) is 5.97. The average Bonchev–Trinajstić information content (AvgIpc) is 2.41. The SMILES string of the molecule is COc1cc(C)ccc1Oc1cc(C)ccc1C#N. The molecule has 19 heavy (non-hydrogen) atoms. The standard InChI is InChI=1S/C16H15NO2/c1-11-4-6-13(10-17)15(8-11)19-14-7-5-12(2)9-16(14)18-3/h4-9H,1-3H3. The van der Waals surface area contributed by atoms with E-state index < -0.39 is 0 Å². The molecule has 0 heterocycles. The monoisotopic (exact) mass is 253 g/mol. The van der Waals surface area contributed by atoms with Gasteiger partial charge in [0.25, 0.3) is 0 Å². The molecule has 0 amide bonds. The summed E-state index contributed by atoms with van der Waals surface area (Å²) < 4.78 is 11.1. The van der Waals surface area contributed by atoms with Gasteiger partial charge in [0.05, 0.1) is 12.7 Å². The highest BCUT2D eigenvalue weighted by Gasteiger charge is 2.09. The Balaban J connectivity index is 2.41. The number of benzene rings is 2. The second-order valence-electron chi connectivity index (χ2n) is 4.37. The van der Waals surface area contributed by atoms with E-state index in [4.69, 9.17) is 14.7 Å². The molecule has 3 nitrogen and oxygen atoms in total. The van der Waals surface area contributed by atoms with Crippen LogP contribution in [0.1, 0.15) is 16.7 Å². The van der Waals surface area contributed by atoms with Crippen LogP contribution in [0.3, 0.4) is 0 Å². The first kappa shape index (κ1) is 13.0. The van der Waals surface area contributed by atoms with Gasteiger partial charge in [-0.15, -0.1) is 0 Å². The average molecular weight is 253 g/mol. The molecular weight excluding hydrogens is 238 g/mol. The maximum absolute atomic E-state index is 9.10. The Hall–Kier alpha value is -2.47. The fraction of sp³-hybridized carbons (Fsp3) is 0.188. The van der Waals surface area contributed by atoms with Crippen LogP contribution in [0, 0.1) is 25.2 Å². The summed E-state index contributed by atoms with van der Waals surface area (Å²) in [6.45, 7) is 3.94. The number of nitriles is 1. The molecule has 2 aromatic carbocycles. The second kappa shape index (κ2) is 5.45. The molecular formula is C16H15NO2. The molecule has 0 spiro atoms. The summed E-state index contributed by atoms with van der Waals surface area (Å²) >= 11 is 0. The van der Waals surface area contributed by atoms with Gasteiger partial charge >= 0.3 is 0 Å². The van der Waals surface area contributed by atoms with E-state index in [0.717, 1.165) is 11.1 Å². The Kier molecular flexibility index (Phi) is 3.72. The van der Waals surface area contributed by atoms with E-state index in [2.05, 4.69) is 6.07 Å². The molecule has 0 aliphatic rings. The molecule has 2 aromatic rings. The predicted molar refractivity (Wildman–Crippen MR) is 73.7 cm³/mol. The fourth-order valence-electron chi connectivity index (χ4n) is 1.78. The second-order valence-corrected chi connectivity index (χ2v) is 4.37. The highest BCUT2D eigenvalue weighted by Crippen LogP contribution is 2.33. The van der Waals surface area contributed by atoms with E-state index in [9.17, 15) is 0 Å². The van der Waals surface area contributed by atoms with Crippen LogP contribution in [-0.4, -0.2) is 7.11 Å². The molecule has 0 radical (unpaired) electrons. The molecule has 96 valence electrons. The molecule has 0 N–H and O–H groups in total. The topological polar surface area (TPSA) is 42.2 Å². The summed E-state index contributed by atoms with van der Waals surface area (Å²) in [5.74, 6) is 1.81. The quantitative estimate of drug-likeness (QED) is 0.831. The van der Waals surface area contributed by atoms with Gasteiger partial charge in [-0.2, -0.15) is 5.26 Å². The number of hydrogen-bond donors (Lipinski definition) is 0. The van der Waals surface area contributed by atoms with Gasteiger partial charge in [0, 0.05) is 0 Å². The van der Waals surface area contributed by atoms with Gasteiger partial charge < -0.3 is 9.47 Å². The van der Waals surface area contributed by atoms with E-state index in [1.54, 1.807) is 13.2 Å². The number of rotatable bonds is 3. The predicted octanol–water partition coefficient (Wildman–Crippen LogP) is 3.98. The van der Waals surface area contributed by atoms with Crippen molar-refractivity contribution in [2.45, 2.75) is 13.8 Å². The van der Waals surface area contributed by atoms with E-state index in [0.29, 0.717) is 22.8 Å². The third-order valence-corrected chi connectivity index (χ3v) is 2.80. The zero-order chi connectivity index (χ0) is 13.8. The van der Waals surface area contributed by atoms with Gasteiger partial charge in [-0.25, -0.2) is 0 Å². The Morgan fingerprint density at radius 2 is 1.53 bits per heavy atom. The first-order chi connectivity index (χ1) is 9.13. The summed E-state index contributed by atoms with van der Waals surface area (Å²) in [6.07, 6.45) is 0. The molecule has 2 rings (SSSR count). The summed E-state index contributed by atoms with van der Waals surface area (Å²) in [6, 6.07) is 13.3. The van der Waals surface area contributed by atoms with Gasteiger partial charge in [0.1, 0.15) is 11.8 Å².